The van der Waals surface area contributed by atoms with Gasteiger partial charge in [-0.3, -0.25) is 4.79 Å². The fraction of sp³-hybridized carbons (Fsp3) is 0.235. The normalized spacial score (nSPS) is 10.2. The van der Waals surface area contributed by atoms with Gasteiger partial charge in [0.25, 0.3) is 5.91 Å². The first kappa shape index (κ1) is 15.4. The minimum Gasteiger partial charge on any atom is -0.483 e. The van der Waals surface area contributed by atoms with Crippen LogP contribution in [0.2, 0.25) is 5.02 Å². The van der Waals surface area contributed by atoms with E-state index < -0.39 is 0 Å². The van der Waals surface area contributed by atoms with Gasteiger partial charge in [0.1, 0.15) is 5.75 Å². The molecule has 21 heavy (non-hydrogen) atoms. The number of aryl methyl sites for hydroxylation is 2. The van der Waals surface area contributed by atoms with E-state index in [0.29, 0.717) is 17.3 Å². The highest BCUT2D eigenvalue weighted by Crippen LogP contribution is 2.26. The van der Waals surface area contributed by atoms with E-state index in [4.69, 9.17) is 16.3 Å². The van der Waals surface area contributed by atoms with Gasteiger partial charge in [0, 0.05) is 11.6 Å². The molecule has 3 nitrogen and oxygen atoms in total. The number of carbonyl (C=O) groups excluding carboxylic acids is 1. The van der Waals surface area contributed by atoms with Gasteiger partial charge in [-0.15, -0.1) is 0 Å². The molecule has 0 radical (unpaired) electrons. The molecule has 1 amide bonds. The van der Waals surface area contributed by atoms with Gasteiger partial charge in [0.15, 0.2) is 6.61 Å². The molecule has 2 aromatic carbocycles. The molecule has 4 heteroatoms. The van der Waals surface area contributed by atoms with Crippen LogP contribution in [0.5, 0.6) is 5.75 Å². The van der Waals surface area contributed by atoms with Crippen LogP contribution in [0.15, 0.2) is 42.5 Å². The molecule has 0 atom stereocenters. The lowest BCUT2D eigenvalue weighted by Crippen LogP contribution is -2.28. The van der Waals surface area contributed by atoms with Gasteiger partial charge < -0.3 is 10.1 Å². The van der Waals surface area contributed by atoms with Crippen LogP contribution in [0.1, 0.15) is 16.7 Å². The Labute approximate surface area is 129 Å². The Morgan fingerprint density at radius 2 is 1.76 bits per heavy atom. The van der Waals surface area contributed by atoms with Crippen molar-refractivity contribution >= 4 is 17.5 Å². The maximum Gasteiger partial charge on any atom is 0.258 e. The molecule has 0 bridgehead atoms. The monoisotopic (exact) mass is 303 g/mol. The van der Waals surface area contributed by atoms with Crippen LogP contribution in [0.4, 0.5) is 0 Å². The second-order valence-corrected chi connectivity index (χ2v) is 5.36. The summed E-state index contributed by atoms with van der Waals surface area (Å²) >= 11 is 5.97. The Bertz CT molecular complexity index is 603. The molecule has 0 fully saturated rings. The topological polar surface area (TPSA) is 38.3 Å². The van der Waals surface area contributed by atoms with Crippen molar-refractivity contribution in [2.75, 3.05) is 6.61 Å². The molecule has 0 unspecified atom stereocenters. The smallest absolute Gasteiger partial charge is 0.258 e. The van der Waals surface area contributed by atoms with E-state index in [1.165, 1.54) is 0 Å². The van der Waals surface area contributed by atoms with E-state index in [1.807, 2.05) is 56.3 Å². The number of nitrogens with one attached hydrogen (secondary N) is 1. The van der Waals surface area contributed by atoms with Gasteiger partial charge >= 0.3 is 0 Å². The molecule has 0 saturated carbocycles. The number of ether oxygens (including phenoxy) is 1. The van der Waals surface area contributed by atoms with Crippen molar-refractivity contribution < 1.29 is 9.53 Å². The van der Waals surface area contributed by atoms with Crippen LogP contribution >= 0.6 is 11.6 Å². The van der Waals surface area contributed by atoms with Crippen LogP contribution in [0, 0.1) is 13.8 Å². The van der Waals surface area contributed by atoms with Crippen LogP contribution in [0.25, 0.3) is 0 Å². The van der Waals surface area contributed by atoms with Crippen molar-refractivity contribution in [2.45, 2.75) is 20.4 Å². The van der Waals surface area contributed by atoms with Crippen LogP contribution < -0.4 is 10.1 Å². The number of benzene rings is 2. The fourth-order valence-electron chi connectivity index (χ4n) is 2.11. The molecule has 1 N–H and O–H groups in total. The Balaban J connectivity index is 1.87. The summed E-state index contributed by atoms with van der Waals surface area (Å²) in [4.78, 5) is 11.8. The van der Waals surface area contributed by atoms with E-state index >= 15 is 0 Å². The largest absolute Gasteiger partial charge is 0.483 e. The van der Waals surface area contributed by atoms with Gasteiger partial charge in [0.2, 0.25) is 0 Å². The number of halogens is 1. The molecule has 2 rings (SSSR count). The third kappa shape index (κ3) is 4.50. The highest BCUT2D eigenvalue weighted by molar-refractivity contribution is 6.30. The first-order chi connectivity index (χ1) is 10.1. The summed E-state index contributed by atoms with van der Waals surface area (Å²) in [5.41, 5.74) is 2.91. The average molecular weight is 304 g/mol. The third-order valence-electron chi connectivity index (χ3n) is 3.11. The molecule has 0 heterocycles. The SMILES string of the molecule is Cc1cc(Cl)cc(C)c1OCC(=O)NCc1ccccc1. The van der Waals surface area contributed by atoms with Gasteiger partial charge in [-0.25, -0.2) is 0 Å². The zero-order valence-corrected chi connectivity index (χ0v) is 12.9. The van der Waals surface area contributed by atoms with E-state index in [0.717, 1.165) is 16.7 Å². The van der Waals surface area contributed by atoms with Crippen molar-refractivity contribution in [3.8, 4) is 5.75 Å². The van der Waals surface area contributed by atoms with Gasteiger partial charge in [-0.1, -0.05) is 41.9 Å². The maximum absolute atomic E-state index is 11.8. The lowest BCUT2D eigenvalue weighted by atomic mass is 10.1. The summed E-state index contributed by atoms with van der Waals surface area (Å²) in [6.45, 7) is 4.32. The summed E-state index contributed by atoms with van der Waals surface area (Å²) < 4.78 is 5.60. The highest BCUT2D eigenvalue weighted by atomic mass is 35.5. The highest BCUT2D eigenvalue weighted by Gasteiger charge is 2.08. The molecular formula is C17H18ClNO2. The summed E-state index contributed by atoms with van der Waals surface area (Å²) in [6.07, 6.45) is 0. The molecule has 0 saturated heterocycles. The zero-order valence-electron chi connectivity index (χ0n) is 12.2. The predicted octanol–water partition coefficient (Wildman–Crippen LogP) is 3.65. The minimum absolute atomic E-state index is 0.00382. The first-order valence-corrected chi connectivity index (χ1v) is 7.14. The summed E-state index contributed by atoms with van der Waals surface area (Å²) in [7, 11) is 0. The maximum atomic E-state index is 11.8. The predicted molar refractivity (Wildman–Crippen MR) is 84.7 cm³/mol. The quantitative estimate of drug-likeness (QED) is 0.915. The summed E-state index contributed by atoms with van der Waals surface area (Å²) in [6, 6.07) is 13.4. The Kier molecular flexibility index (Phi) is 5.23. The van der Waals surface area contributed by atoms with Crippen molar-refractivity contribution in [1.29, 1.82) is 0 Å². The van der Waals surface area contributed by atoms with Crippen LogP contribution in [0.3, 0.4) is 0 Å². The minimum atomic E-state index is -0.146. The van der Waals surface area contributed by atoms with Gasteiger partial charge in [-0.05, 0) is 42.7 Å². The number of hydrogen-bond donors (Lipinski definition) is 1. The van der Waals surface area contributed by atoms with Crippen LogP contribution in [-0.4, -0.2) is 12.5 Å². The zero-order chi connectivity index (χ0) is 15.2. The average Bonchev–Trinajstić information content (AvgIpc) is 2.45. The van der Waals surface area contributed by atoms with Gasteiger partial charge in [0.05, 0.1) is 0 Å². The Morgan fingerprint density at radius 3 is 2.38 bits per heavy atom. The van der Waals surface area contributed by atoms with E-state index in [1.54, 1.807) is 0 Å². The van der Waals surface area contributed by atoms with Crippen molar-refractivity contribution in [2.24, 2.45) is 0 Å². The molecule has 2 aromatic rings. The molecule has 110 valence electrons. The number of amides is 1. The lowest BCUT2D eigenvalue weighted by Gasteiger charge is -2.12. The Hall–Kier alpha value is -2.00. The van der Waals surface area contributed by atoms with Crippen LogP contribution in [-0.2, 0) is 11.3 Å². The first-order valence-electron chi connectivity index (χ1n) is 6.76. The molecule has 0 aliphatic carbocycles. The summed E-state index contributed by atoms with van der Waals surface area (Å²) in [5.74, 6) is 0.571. The van der Waals surface area contributed by atoms with Gasteiger partial charge in [-0.2, -0.15) is 0 Å². The number of carbonyl (C=O) groups is 1. The van der Waals surface area contributed by atoms with E-state index in [2.05, 4.69) is 5.32 Å². The van der Waals surface area contributed by atoms with E-state index in [-0.39, 0.29) is 12.5 Å². The fourth-order valence-corrected chi connectivity index (χ4v) is 2.44. The molecular weight excluding hydrogens is 286 g/mol. The summed E-state index contributed by atoms with van der Waals surface area (Å²) in [5, 5.41) is 3.50. The molecule has 0 aliphatic heterocycles. The number of rotatable bonds is 5. The number of hydrogen-bond acceptors (Lipinski definition) is 2. The van der Waals surface area contributed by atoms with Crippen molar-refractivity contribution in [3.05, 3.63) is 64.2 Å². The molecule has 0 aliphatic rings. The van der Waals surface area contributed by atoms with Crippen molar-refractivity contribution in [3.63, 3.8) is 0 Å². The molecule has 0 aromatic heterocycles. The van der Waals surface area contributed by atoms with E-state index in [9.17, 15) is 4.79 Å². The molecule has 0 spiro atoms. The standard InChI is InChI=1S/C17H18ClNO2/c1-12-8-15(18)9-13(2)17(12)21-11-16(20)19-10-14-6-4-3-5-7-14/h3-9H,10-11H2,1-2H3,(H,19,20). The second-order valence-electron chi connectivity index (χ2n) is 4.92. The Morgan fingerprint density at radius 1 is 1.14 bits per heavy atom. The van der Waals surface area contributed by atoms with Crippen molar-refractivity contribution in [1.82, 2.24) is 5.32 Å². The second kappa shape index (κ2) is 7.14. The third-order valence-corrected chi connectivity index (χ3v) is 3.32. The lowest BCUT2D eigenvalue weighted by molar-refractivity contribution is -0.123.